The van der Waals surface area contributed by atoms with E-state index in [4.69, 9.17) is 0 Å². The molecule has 0 aliphatic heterocycles. The Balaban J connectivity index is 2.33. The monoisotopic (exact) mass is 347 g/mol. The molecule has 0 aliphatic rings. The van der Waals surface area contributed by atoms with Gasteiger partial charge in [0, 0.05) is 16.6 Å². The number of halogens is 5. The van der Waals surface area contributed by atoms with Gasteiger partial charge in [-0.2, -0.15) is 0 Å². The average molecular weight is 348 g/mol. The Morgan fingerprint density at radius 1 is 0.950 bits per heavy atom. The predicted molar refractivity (Wildman–Crippen MR) is 68.4 cm³/mol. The first-order chi connectivity index (χ1) is 9.38. The second-order valence-electron chi connectivity index (χ2n) is 3.82. The van der Waals surface area contributed by atoms with Crippen molar-refractivity contribution in [2.24, 2.45) is 0 Å². The van der Waals surface area contributed by atoms with Gasteiger partial charge in [0.25, 0.3) is 5.91 Å². The van der Waals surface area contributed by atoms with E-state index in [1.54, 1.807) is 0 Å². The van der Waals surface area contributed by atoms with Crippen LogP contribution in [0.3, 0.4) is 0 Å². The topological polar surface area (TPSA) is 29.1 Å². The molecule has 2 aromatic rings. The molecule has 0 saturated carbocycles. The van der Waals surface area contributed by atoms with E-state index in [-0.39, 0.29) is 10.0 Å². The zero-order chi connectivity index (χ0) is 14.9. The first-order valence-electron chi connectivity index (χ1n) is 5.29. The Morgan fingerprint density at radius 3 is 2.10 bits per heavy atom. The SMILES string of the molecule is O=C(Nc1c(F)cc(F)cc1F)c1ccc(F)cc1Br. The summed E-state index contributed by atoms with van der Waals surface area (Å²) in [6.45, 7) is 0. The van der Waals surface area contributed by atoms with Crippen LogP contribution in [0.1, 0.15) is 10.4 Å². The number of benzene rings is 2. The summed E-state index contributed by atoms with van der Waals surface area (Å²) >= 11 is 2.96. The second-order valence-corrected chi connectivity index (χ2v) is 4.68. The standard InChI is InChI=1S/C13H6BrF4NO/c14-9-3-6(15)1-2-8(9)13(20)19-12-10(17)4-7(16)5-11(12)18/h1-5H,(H,19,20). The third kappa shape index (κ3) is 2.98. The van der Waals surface area contributed by atoms with Crippen molar-refractivity contribution in [2.75, 3.05) is 5.32 Å². The number of amides is 1. The molecule has 0 bridgehead atoms. The van der Waals surface area contributed by atoms with Gasteiger partial charge in [0.05, 0.1) is 5.56 Å². The molecule has 2 nitrogen and oxygen atoms in total. The molecule has 2 rings (SSSR count). The largest absolute Gasteiger partial charge is 0.317 e. The van der Waals surface area contributed by atoms with Gasteiger partial charge in [-0.25, -0.2) is 17.6 Å². The summed E-state index contributed by atoms with van der Waals surface area (Å²) in [5, 5.41) is 1.97. The van der Waals surface area contributed by atoms with Crippen LogP contribution < -0.4 is 5.32 Å². The second kappa shape index (κ2) is 5.62. The quantitative estimate of drug-likeness (QED) is 0.808. The minimum Gasteiger partial charge on any atom is -0.317 e. The Kier molecular flexibility index (Phi) is 4.08. The van der Waals surface area contributed by atoms with E-state index in [1.807, 2.05) is 5.32 Å². The molecular formula is C13H6BrF4NO. The highest BCUT2D eigenvalue weighted by atomic mass is 79.9. The van der Waals surface area contributed by atoms with Crippen LogP contribution in [0.4, 0.5) is 23.2 Å². The molecule has 0 aliphatic carbocycles. The van der Waals surface area contributed by atoms with E-state index < -0.39 is 34.9 Å². The molecule has 1 N–H and O–H groups in total. The van der Waals surface area contributed by atoms with Gasteiger partial charge in [0.1, 0.15) is 17.3 Å². The van der Waals surface area contributed by atoms with Gasteiger partial charge in [0.2, 0.25) is 0 Å². The van der Waals surface area contributed by atoms with Gasteiger partial charge in [-0.15, -0.1) is 0 Å². The summed E-state index contributed by atoms with van der Waals surface area (Å²) in [4.78, 5) is 11.8. The van der Waals surface area contributed by atoms with Crippen molar-refractivity contribution in [3.05, 3.63) is 63.6 Å². The van der Waals surface area contributed by atoms with E-state index in [0.29, 0.717) is 12.1 Å². The third-order valence-corrected chi connectivity index (χ3v) is 3.08. The first-order valence-corrected chi connectivity index (χ1v) is 6.08. The summed E-state index contributed by atoms with van der Waals surface area (Å²) in [7, 11) is 0. The summed E-state index contributed by atoms with van der Waals surface area (Å²) < 4.78 is 52.5. The lowest BCUT2D eigenvalue weighted by Gasteiger charge is -2.09. The average Bonchev–Trinajstić information content (AvgIpc) is 2.33. The van der Waals surface area contributed by atoms with Crippen molar-refractivity contribution in [1.29, 1.82) is 0 Å². The number of carbonyl (C=O) groups excluding carboxylic acids is 1. The fourth-order valence-electron chi connectivity index (χ4n) is 1.52. The number of nitrogens with one attached hydrogen (secondary N) is 1. The lowest BCUT2D eigenvalue weighted by Crippen LogP contribution is -2.15. The molecule has 0 radical (unpaired) electrons. The molecule has 0 unspecified atom stereocenters. The van der Waals surface area contributed by atoms with Crippen LogP contribution in [-0.4, -0.2) is 5.91 Å². The van der Waals surface area contributed by atoms with Gasteiger partial charge >= 0.3 is 0 Å². The molecule has 2 aromatic carbocycles. The Bertz CT molecular complexity index is 667. The highest BCUT2D eigenvalue weighted by molar-refractivity contribution is 9.10. The van der Waals surface area contributed by atoms with Crippen LogP contribution in [0.25, 0.3) is 0 Å². The lowest BCUT2D eigenvalue weighted by atomic mass is 10.2. The maximum absolute atomic E-state index is 13.4. The van der Waals surface area contributed by atoms with Crippen LogP contribution >= 0.6 is 15.9 Å². The zero-order valence-corrected chi connectivity index (χ0v) is 11.3. The molecule has 104 valence electrons. The van der Waals surface area contributed by atoms with Crippen molar-refractivity contribution < 1.29 is 22.4 Å². The molecular weight excluding hydrogens is 342 g/mol. The van der Waals surface area contributed by atoms with Crippen LogP contribution in [0.5, 0.6) is 0 Å². The minimum atomic E-state index is -1.24. The molecule has 0 spiro atoms. The number of hydrogen-bond acceptors (Lipinski definition) is 1. The zero-order valence-electron chi connectivity index (χ0n) is 9.68. The molecule has 20 heavy (non-hydrogen) atoms. The van der Waals surface area contributed by atoms with Crippen molar-refractivity contribution in [3.63, 3.8) is 0 Å². The first kappa shape index (κ1) is 14.5. The van der Waals surface area contributed by atoms with Crippen molar-refractivity contribution in [3.8, 4) is 0 Å². The maximum atomic E-state index is 13.4. The summed E-state index contributed by atoms with van der Waals surface area (Å²) in [5.41, 5.74) is -0.790. The summed E-state index contributed by atoms with van der Waals surface area (Å²) in [6.07, 6.45) is 0. The Labute approximate surface area is 119 Å². The normalized spacial score (nSPS) is 10.4. The molecule has 0 aromatic heterocycles. The molecule has 0 fully saturated rings. The fraction of sp³-hybridized carbons (Fsp3) is 0. The van der Waals surface area contributed by atoms with E-state index >= 15 is 0 Å². The highest BCUT2D eigenvalue weighted by Gasteiger charge is 2.17. The van der Waals surface area contributed by atoms with Crippen LogP contribution in [0.2, 0.25) is 0 Å². The minimum absolute atomic E-state index is 0.0190. The van der Waals surface area contributed by atoms with Crippen LogP contribution in [-0.2, 0) is 0 Å². The van der Waals surface area contributed by atoms with Gasteiger partial charge in [-0.05, 0) is 34.1 Å². The number of hydrogen-bond donors (Lipinski definition) is 1. The van der Waals surface area contributed by atoms with Crippen molar-refractivity contribution in [2.45, 2.75) is 0 Å². The number of rotatable bonds is 2. The summed E-state index contributed by atoms with van der Waals surface area (Å²) in [6, 6.07) is 4.09. The van der Waals surface area contributed by atoms with Gasteiger partial charge in [0.15, 0.2) is 11.6 Å². The fourth-order valence-corrected chi connectivity index (χ4v) is 2.05. The van der Waals surface area contributed by atoms with Gasteiger partial charge in [-0.3, -0.25) is 4.79 Å². The van der Waals surface area contributed by atoms with Crippen LogP contribution in [0.15, 0.2) is 34.8 Å². The molecule has 7 heteroatoms. The molecule has 0 heterocycles. The van der Waals surface area contributed by atoms with E-state index in [9.17, 15) is 22.4 Å². The number of anilines is 1. The van der Waals surface area contributed by atoms with Crippen LogP contribution in [0, 0.1) is 23.3 Å². The van der Waals surface area contributed by atoms with E-state index in [0.717, 1.165) is 18.2 Å². The van der Waals surface area contributed by atoms with E-state index in [2.05, 4.69) is 15.9 Å². The van der Waals surface area contributed by atoms with Crippen molar-refractivity contribution in [1.82, 2.24) is 0 Å². The maximum Gasteiger partial charge on any atom is 0.256 e. The summed E-state index contributed by atoms with van der Waals surface area (Å²) in [5.74, 6) is -5.02. The predicted octanol–water partition coefficient (Wildman–Crippen LogP) is 4.26. The molecule has 1 amide bonds. The smallest absolute Gasteiger partial charge is 0.256 e. The molecule has 0 saturated heterocycles. The van der Waals surface area contributed by atoms with Gasteiger partial charge < -0.3 is 5.32 Å². The Morgan fingerprint density at radius 2 is 1.55 bits per heavy atom. The third-order valence-electron chi connectivity index (χ3n) is 2.42. The number of carbonyl (C=O) groups is 1. The van der Waals surface area contributed by atoms with Crippen molar-refractivity contribution >= 4 is 27.5 Å². The van der Waals surface area contributed by atoms with Gasteiger partial charge in [-0.1, -0.05) is 0 Å². The lowest BCUT2D eigenvalue weighted by molar-refractivity contribution is 0.102. The highest BCUT2D eigenvalue weighted by Crippen LogP contribution is 2.23. The Hall–Kier alpha value is -1.89. The van der Waals surface area contributed by atoms with E-state index in [1.165, 1.54) is 0 Å². The molecule has 0 atom stereocenters.